The van der Waals surface area contributed by atoms with E-state index in [2.05, 4.69) is 9.82 Å². The molecule has 116 valence electrons. The number of likely N-dealkylation sites (N-methyl/N-ethyl adjacent to an activating group) is 1. The van der Waals surface area contributed by atoms with Gasteiger partial charge >= 0.3 is 0 Å². The lowest BCUT2D eigenvalue weighted by molar-refractivity contribution is 0.412. The van der Waals surface area contributed by atoms with Crippen molar-refractivity contribution >= 4 is 15.8 Å². The van der Waals surface area contributed by atoms with E-state index in [9.17, 15) is 8.42 Å². The van der Waals surface area contributed by atoms with Gasteiger partial charge in [-0.1, -0.05) is 13.8 Å². The number of rotatable bonds is 8. The molecule has 0 aliphatic heterocycles. The van der Waals surface area contributed by atoms with E-state index >= 15 is 0 Å². The Kier molecular flexibility index (Phi) is 5.97. The largest absolute Gasteiger partial charge is 0.383 e. The number of hydrogen-bond donors (Lipinski definition) is 2. The van der Waals surface area contributed by atoms with Crippen LogP contribution in [0.5, 0.6) is 0 Å². The average Bonchev–Trinajstić information content (AvgIpc) is 2.73. The number of nitrogens with two attached hydrogens (primary N) is 1. The van der Waals surface area contributed by atoms with Crippen LogP contribution in [0.2, 0.25) is 0 Å². The third-order valence-corrected chi connectivity index (χ3v) is 4.71. The van der Waals surface area contributed by atoms with Gasteiger partial charge in [0.15, 0.2) is 0 Å². The fraction of sp³-hybridized carbons (Fsp3) is 0.750. The van der Waals surface area contributed by atoms with Crippen molar-refractivity contribution in [2.75, 3.05) is 32.9 Å². The summed E-state index contributed by atoms with van der Waals surface area (Å²) in [7, 11) is 0.165. The summed E-state index contributed by atoms with van der Waals surface area (Å²) in [5, 5.41) is 4.13. The Balaban J connectivity index is 2.91. The highest BCUT2D eigenvalue weighted by Crippen LogP contribution is 2.24. The normalized spacial score (nSPS) is 12.5. The van der Waals surface area contributed by atoms with Crippen molar-refractivity contribution < 1.29 is 8.42 Å². The number of anilines is 1. The molecule has 0 atom stereocenters. The van der Waals surface area contributed by atoms with Crippen LogP contribution in [-0.4, -0.2) is 50.3 Å². The highest BCUT2D eigenvalue weighted by Gasteiger charge is 2.23. The van der Waals surface area contributed by atoms with Gasteiger partial charge in [-0.05, 0) is 26.9 Å². The van der Waals surface area contributed by atoms with Crippen LogP contribution in [-0.2, 0) is 10.0 Å². The van der Waals surface area contributed by atoms with Crippen molar-refractivity contribution in [2.45, 2.75) is 37.6 Å². The molecular formula is C12H25N5O2S. The Morgan fingerprint density at radius 1 is 1.40 bits per heavy atom. The van der Waals surface area contributed by atoms with Crippen LogP contribution in [0, 0.1) is 0 Å². The van der Waals surface area contributed by atoms with Crippen LogP contribution in [0.15, 0.2) is 11.1 Å². The fourth-order valence-corrected chi connectivity index (χ4v) is 3.04. The van der Waals surface area contributed by atoms with Gasteiger partial charge in [-0.3, -0.25) is 0 Å². The molecule has 0 saturated heterocycles. The summed E-state index contributed by atoms with van der Waals surface area (Å²) in [6.45, 7) is 5.02. The lowest BCUT2D eigenvalue weighted by atomic mass is 10.2. The maximum Gasteiger partial charge on any atom is 0.245 e. The zero-order valence-corrected chi connectivity index (χ0v) is 13.4. The van der Waals surface area contributed by atoms with Gasteiger partial charge in [0.25, 0.3) is 0 Å². The Labute approximate surface area is 121 Å². The Morgan fingerprint density at radius 2 is 2.00 bits per heavy atom. The molecule has 0 bridgehead atoms. The van der Waals surface area contributed by atoms with Crippen molar-refractivity contribution in [3.05, 3.63) is 6.20 Å². The van der Waals surface area contributed by atoms with E-state index in [1.165, 1.54) is 6.20 Å². The molecule has 1 aromatic heterocycles. The van der Waals surface area contributed by atoms with Crippen LogP contribution >= 0.6 is 0 Å². The predicted octanol–water partition coefficient (Wildman–Crippen LogP) is 0.666. The SMILES string of the molecule is CCC(CC)n1ncc(S(=O)(=O)NCCN(C)C)c1N. The van der Waals surface area contributed by atoms with Gasteiger partial charge in [-0.25, -0.2) is 17.8 Å². The third-order valence-electron chi connectivity index (χ3n) is 3.23. The van der Waals surface area contributed by atoms with Crippen molar-refractivity contribution in [1.82, 2.24) is 19.4 Å². The van der Waals surface area contributed by atoms with Crippen LogP contribution in [0.1, 0.15) is 32.7 Å². The number of aromatic nitrogens is 2. The summed E-state index contributed by atoms with van der Waals surface area (Å²) in [4.78, 5) is 1.96. The van der Waals surface area contributed by atoms with E-state index < -0.39 is 10.0 Å². The van der Waals surface area contributed by atoms with Crippen LogP contribution in [0.25, 0.3) is 0 Å². The molecule has 0 fully saturated rings. The summed E-state index contributed by atoms with van der Waals surface area (Å²) < 4.78 is 28.5. The maximum atomic E-state index is 12.2. The molecule has 0 aliphatic carbocycles. The van der Waals surface area contributed by atoms with Gasteiger partial charge in [0.2, 0.25) is 10.0 Å². The van der Waals surface area contributed by atoms with Crippen molar-refractivity contribution in [3.63, 3.8) is 0 Å². The smallest absolute Gasteiger partial charge is 0.245 e. The molecule has 1 heterocycles. The van der Waals surface area contributed by atoms with Gasteiger partial charge < -0.3 is 10.6 Å². The van der Waals surface area contributed by atoms with Crippen LogP contribution in [0.3, 0.4) is 0 Å². The van der Waals surface area contributed by atoms with Crippen LogP contribution in [0.4, 0.5) is 5.82 Å². The molecular weight excluding hydrogens is 278 g/mol. The number of sulfonamides is 1. The maximum absolute atomic E-state index is 12.2. The summed E-state index contributed by atoms with van der Waals surface area (Å²) in [5.74, 6) is 0.205. The lowest BCUT2D eigenvalue weighted by Gasteiger charge is -2.15. The first-order chi connectivity index (χ1) is 9.33. The zero-order chi connectivity index (χ0) is 15.3. The number of nitrogens with one attached hydrogen (secondary N) is 1. The third kappa shape index (κ3) is 3.94. The van der Waals surface area contributed by atoms with Crippen molar-refractivity contribution in [3.8, 4) is 0 Å². The number of nitrogens with zero attached hydrogens (tertiary/aromatic N) is 3. The minimum absolute atomic E-state index is 0.0585. The minimum atomic E-state index is -3.60. The molecule has 1 rings (SSSR count). The monoisotopic (exact) mass is 303 g/mol. The molecule has 20 heavy (non-hydrogen) atoms. The second-order valence-electron chi connectivity index (χ2n) is 5.01. The highest BCUT2D eigenvalue weighted by molar-refractivity contribution is 7.89. The lowest BCUT2D eigenvalue weighted by Crippen LogP contribution is -2.31. The summed E-state index contributed by atoms with van der Waals surface area (Å²) in [5.41, 5.74) is 5.94. The van der Waals surface area contributed by atoms with E-state index in [0.717, 1.165) is 12.8 Å². The molecule has 0 amide bonds. The van der Waals surface area contributed by atoms with E-state index in [4.69, 9.17) is 5.73 Å². The molecule has 0 aliphatic rings. The fourth-order valence-electron chi connectivity index (χ4n) is 1.97. The first kappa shape index (κ1) is 16.9. The Bertz CT molecular complexity index is 520. The summed E-state index contributed by atoms with van der Waals surface area (Å²) in [6, 6.07) is 0.126. The van der Waals surface area contributed by atoms with Crippen molar-refractivity contribution in [1.29, 1.82) is 0 Å². The van der Waals surface area contributed by atoms with Gasteiger partial charge in [-0.2, -0.15) is 5.10 Å². The number of nitrogen functional groups attached to an aromatic ring is 1. The predicted molar refractivity (Wildman–Crippen MR) is 80.0 cm³/mol. The molecule has 1 aromatic rings. The standard InChI is InChI=1S/C12H25N5O2S/c1-5-10(6-2)17-12(13)11(9-14-17)20(18,19)15-7-8-16(3)4/h9-10,15H,5-8,13H2,1-4H3. The van der Waals surface area contributed by atoms with Gasteiger partial charge in [0.1, 0.15) is 10.7 Å². The molecule has 0 spiro atoms. The summed E-state index contributed by atoms with van der Waals surface area (Å²) >= 11 is 0. The molecule has 0 radical (unpaired) electrons. The topological polar surface area (TPSA) is 93.2 Å². The molecule has 7 nitrogen and oxygen atoms in total. The zero-order valence-electron chi connectivity index (χ0n) is 12.6. The van der Waals surface area contributed by atoms with E-state index in [0.29, 0.717) is 13.1 Å². The number of hydrogen-bond acceptors (Lipinski definition) is 5. The molecule has 0 aromatic carbocycles. The van der Waals surface area contributed by atoms with Gasteiger partial charge in [0.05, 0.1) is 12.2 Å². The molecule has 0 unspecified atom stereocenters. The quantitative estimate of drug-likeness (QED) is 0.736. The molecule has 3 N–H and O–H groups in total. The first-order valence-electron chi connectivity index (χ1n) is 6.80. The second-order valence-corrected chi connectivity index (χ2v) is 6.75. The van der Waals surface area contributed by atoms with Crippen LogP contribution < -0.4 is 10.5 Å². The van der Waals surface area contributed by atoms with Gasteiger partial charge in [-0.15, -0.1) is 0 Å². The van der Waals surface area contributed by atoms with E-state index in [-0.39, 0.29) is 16.8 Å². The molecule has 0 saturated carbocycles. The minimum Gasteiger partial charge on any atom is -0.383 e. The van der Waals surface area contributed by atoms with E-state index in [1.54, 1.807) is 4.68 Å². The average molecular weight is 303 g/mol. The highest BCUT2D eigenvalue weighted by atomic mass is 32.2. The second kappa shape index (κ2) is 7.05. The van der Waals surface area contributed by atoms with E-state index in [1.807, 2.05) is 32.8 Å². The summed E-state index contributed by atoms with van der Waals surface area (Å²) in [6.07, 6.45) is 3.04. The Hall–Kier alpha value is -1.12. The van der Waals surface area contributed by atoms with Crippen molar-refractivity contribution in [2.24, 2.45) is 0 Å². The molecule has 8 heteroatoms. The first-order valence-corrected chi connectivity index (χ1v) is 8.29. The Morgan fingerprint density at radius 3 is 2.50 bits per heavy atom. The van der Waals surface area contributed by atoms with Gasteiger partial charge in [0, 0.05) is 13.1 Å².